The first kappa shape index (κ1) is 23.6. The second-order valence-corrected chi connectivity index (χ2v) is 9.26. The summed E-state index contributed by atoms with van der Waals surface area (Å²) in [4.78, 5) is 14.4. The lowest BCUT2D eigenvalue weighted by molar-refractivity contribution is -0.129. The highest BCUT2D eigenvalue weighted by molar-refractivity contribution is 7.89. The number of amides is 1. The Hall–Kier alpha value is -2.65. The molecule has 7 nitrogen and oxygen atoms in total. The molecule has 0 saturated heterocycles. The molecule has 0 radical (unpaired) electrons. The van der Waals surface area contributed by atoms with E-state index in [9.17, 15) is 17.6 Å². The van der Waals surface area contributed by atoms with Crippen molar-refractivity contribution in [1.82, 2.24) is 9.21 Å². The number of nitrogens with one attached hydrogen (secondary N) is 2. The molecule has 30 heavy (non-hydrogen) atoms. The van der Waals surface area contributed by atoms with Gasteiger partial charge in [-0.3, -0.25) is 4.79 Å². The SMILES string of the molecule is CCNc1ccc(S(=O)(=O)N(C)C)cc1NCC(=O)N(C)C(C)c1ccc(F)cc1. The lowest BCUT2D eigenvalue weighted by Crippen LogP contribution is -2.34. The predicted octanol–water partition coefficient (Wildman–Crippen LogP) is 3.14. The van der Waals surface area contributed by atoms with E-state index in [4.69, 9.17) is 0 Å². The molecular formula is C21H29FN4O3S. The number of rotatable bonds is 9. The summed E-state index contributed by atoms with van der Waals surface area (Å²) in [7, 11) is 1.01. The highest BCUT2D eigenvalue weighted by atomic mass is 32.2. The van der Waals surface area contributed by atoms with Gasteiger partial charge in [-0.2, -0.15) is 0 Å². The van der Waals surface area contributed by atoms with Crippen molar-refractivity contribution >= 4 is 27.3 Å². The molecule has 0 fully saturated rings. The van der Waals surface area contributed by atoms with E-state index in [0.717, 1.165) is 9.87 Å². The summed E-state index contributed by atoms with van der Waals surface area (Å²) in [5.74, 6) is -0.514. The third-order valence-corrected chi connectivity index (χ3v) is 6.70. The number of carbonyl (C=O) groups excluding carboxylic acids is 1. The Morgan fingerprint density at radius 3 is 2.23 bits per heavy atom. The molecule has 0 spiro atoms. The molecule has 1 atom stereocenters. The fraction of sp³-hybridized carbons (Fsp3) is 0.381. The standard InChI is InChI=1S/C21H29FN4O3S/c1-6-23-19-12-11-18(30(28,29)25(3)4)13-20(19)24-14-21(27)26(5)15(2)16-7-9-17(22)10-8-16/h7-13,15,23-24H,6,14H2,1-5H3. The Bertz CT molecular complexity index is 978. The van der Waals surface area contributed by atoms with Gasteiger partial charge in [-0.25, -0.2) is 17.1 Å². The fourth-order valence-electron chi connectivity index (χ4n) is 2.86. The molecule has 2 aromatic rings. The number of carbonyl (C=O) groups is 1. The molecule has 0 heterocycles. The van der Waals surface area contributed by atoms with Gasteiger partial charge in [-0.1, -0.05) is 12.1 Å². The van der Waals surface area contributed by atoms with Gasteiger partial charge in [0.25, 0.3) is 0 Å². The summed E-state index contributed by atoms with van der Waals surface area (Å²) in [6, 6.07) is 10.5. The Morgan fingerprint density at radius 2 is 1.67 bits per heavy atom. The van der Waals surface area contributed by atoms with Gasteiger partial charge in [0.05, 0.1) is 28.9 Å². The number of hydrogen-bond acceptors (Lipinski definition) is 5. The fourth-order valence-corrected chi connectivity index (χ4v) is 3.79. The molecule has 2 rings (SSSR count). The highest BCUT2D eigenvalue weighted by Gasteiger charge is 2.20. The van der Waals surface area contributed by atoms with Gasteiger partial charge < -0.3 is 15.5 Å². The maximum Gasteiger partial charge on any atom is 0.242 e. The molecule has 0 aliphatic carbocycles. The van der Waals surface area contributed by atoms with Crippen LogP contribution in [-0.4, -0.2) is 57.8 Å². The van der Waals surface area contributed by atoms with Crippen LogP contribution in [0.15, 0.2) is 47.4 Å². The second-order valence-electron chi connectivity index (χ2n) is 7.11. The average Bonchev–Trinajstić information content (AvgIpc) is 2.72. The van der Waals surface area contributed by atoms with Crippen LogP contribution in [0.5, 0.6) is 0 Å². The number of likely N-dealkylation sites (N-methyl/N-ethyl adjacent to an activating group) is 1. The monoisotopic (exact) mass is 436 g/mol. The van der Waals surface area contributed by atoms with Crippen molar-refractivity contribution in [2.45, 2.75) is 24.8 Å². The average molecular weight is 437 g/mol. The molecular weight excluding hydrogens is 407 g/mol. The zero-order valence-electron chi connectivity index (χ0n) is 17.9. The number of anilines is 2. The topological polar surface area (TPSA) is 81.8 Å². The summed E-state index contributed by atoms with van der Waals surface area (Å²) in [6.45, 7) is 4.41. The molecule has 164 valence electrons. The normalized spacial score (nSPS) is 12.5. The van der Waals surface area contributed by atoms with Crippen LogP contribution in [0.25, 0.3) is 0 Å². The van der Waals surface area contributed by atoms with Crippen molar-refractivity contribution in [3.8, 4) is 0 Å². The molecule has 1 amide bonds. The summed E-state index contributed by atoms with van der Waals surface area (Å²) in [6.07, 6.45) is 0. The van der Waals surface area contributed by atoms with Crippen LogP contribution in [0.2, 0.25) is 0 Å². The lowest BCUT2D eigenvalue weighted by Gasteiger charge is -2.26. The molecule has 1 unspecified atom stereocenters. The third kappa shape index (κ3) is 5.48. The van der Waals surface area contributed by atoms with E-state index in [1.165, 1.54) is 38.4 Å². The Labute approximate surface area is 177 Å². The first-order valence-electron chi connectivity index (χ1n) is 9.63. The Morgan fingerprint density at radius 1 is 1.03 bits per heavy atom. The molecule has 2 aromatic carbocycles. The largest absolute Gasteiger partial charge is 0.384 e. The Balaban J connectivity index is 2.18. The molecule has 0 aliphatic rings. The molecule has 0 saturated carbocycles. The van der Waals surface area contributed by atoms with E-state index in [2.05, 4.69) is 10.6 Å². The molecule has 9 heteroatoms. The summed E-state index contributed by atoms with van der Waals surface area (Å²) in [5.41, 5.74) is 2.05. The van der Waals surface area contributed by atoms with Crippen molar-refractivity contribution in [2.24, 2.45) is 0 Å². The van der Waals surface area contributed by atoms with Gasteiger partial charge in [0.2, 0.25) is 15.9 Å². The molecule has 0 aromatic heterocycles. The highest BCUT2D eigenvalue weighted by Crippen LogP contribution is 2.27. The number of nitrogens with zero attached hydrogens (tertiary/aromatic N) is 2. The summed E-state index contributed by atoms with van der Waals surface area (Å²) >= 11 is 0. The van der Waals surface area contributed by atoms with Crippen LogP contribution in [0.3, 0.4) is 0 Å². The number of benzene rings is 2. The third-order valence-electron chi connectivity index (χ3n) is 4.89. The number of halogens is 1. The summed E-state index contributed by atoms with van der Waals surface area (Å²) in [5, 5.41) is 6.21. The first-order chi connectivity index (χ1) is 14.1. The van der Waals surface area contributed by atoms with Crippen molar-refractivity contribution < 1.29 is 17.6 Å². The van der Waals surface area contributed by atoms with E-state index in [1.54, 1.807) is 30.1 Å². The smallest absolute Gasteiger partial charge is 0.242 e. The van der Waals surface area contributed by atoms with Crippen LogP contribution in [0.4, 0.5) is 15.8 Å². The summed E-state index contributed by atoms with van der Waals surface area (Å²) < 4.78 is 39.2. The van der Waals surface area contributed by atoms with Crippen LogP contribution >= 0.6 is 0 Å². The van der Waals surface area contributed by atoms with Crippen LogP contribution < -0.4 is 10.6 Å². The minimum absolute atomic E-state index is 0.0219. The van der Waals surface area contributed by atoms with Gasteiger partial charge in [0.15, 0.2) is 0 Å². The van der Waals surface area contributed by atoms with E-state index in [1.807, 2.05) is 13.8 Å². The molecule has 2 N–H and O–H groups in total. The van der Waals surface area contributed by atoms with Gasteiger partial charge in [-0.15, -0.1) is 0 Å². The minimum Gasteiger partial charge on any atom is -0.384 e. The van der Waals surface area contributed by atoms with Gasteiger partial charge in [0, 0.05) is 27.7 Å². The minimum atomic E-state index is -3.60. The zero-order chi connectivity index (χ0) is 22.5. The molecule has 0 bridgehead atoms. The maximum atomic E-state index is 13.1. The first-order valence-corrected chi connectivity index (χ1v) is 11.1. The lowest BCUT2D eigenvalue weighted by atomic mass is 10.1. The number of sulfonamides is 1. The van der Waals surface area contributed by atoms with E-state index in [-0.39, 0.29) is 29.2 Å². The maximum absolute atomic E-state index is 13.1. The van der Waals surface area contributed by atoms with Crippen LogP contribution in [0, 0.1) is 5.82 Å². The zero-order valence-corrected chi connectivity index (χ0v) is 18.8. The van der Waals surface area contributed by atoms with Gasteiger partial charge in [-0.05, 0) is 49.7 Å². The predicted molar refractivity (Wildman–Crippen MR) is 118 cm³/mol. The van der Waals surface area contributed by atoms with Crippen LogP contribution in [-0.2, 0) is 14.8 Å². The van der Waals surface area contributed by atoms with E-state index >= 15 is 0 Å². The van der Waals surface area contributed by atoms with E-state index in [0.29, 0.717) is 17.9 Å². The van der Waals surface area contributed by atoms with Crippen molar-refractivity contribution in [3.63, 3.8) is 0 Å². The van der Waals surface area contributed by atoms with Gasteiger partial charge in [0.1, 0.15) is 5.82 Å². The van der Waals surface area contributed by atoms with Crippen molar-refractivity contribution in [2.75, 3.05) is 44.9 Å². The quantitative estimate of drug-likeness (QED) is 0.631. The van der Waals surface area contributed by atoms with Crippen molar-refractivity contribution in [1.29, 1.82) is 0 Å². The Kier molecular flexibility index (Phi) is 7.80. The van der Waals surface area contributed by atoms with Crippen LogP contribution in [0.1, 0.15) is 25.5 Å². The molecule has 0 aliphatic heterocycles. The second kappa shape index (κ2) is 9.90. The number of hydrogen-bond donors (Lipinski definition) is 2. The van der Waals surface area contributed by atoms with E-state index < -0.39 is 10.0 Å². The van der Waals surface area contributed by atoms with Gasteiger partial charge >= 0.3 is 0 Å². The van der Waals surface area contributed by atoms with Crippen molar-refractivity contribution in [3.05, 3.63) is 53.8 Å².